The van der Waals surface area contributed by atoms with Crippen LogP contribution in [0.4, 0.5) is 5.69 Å². The lowest BCUT2D eigenvalue weighted by Crippen LogP contribution is -2.56. The van der Waals surface area contributed by atoms with Crippen LogP contribution in [0.15, 0.2) is 43.5 Å². The second-order valence-corrected chi connectivity index (χ2v) is 11.3. The van der Waals surface area contributed by atoms with Gasteiger partial charge in [-0.15, -0.1) is 13.2 Å². The Bertz CT molecular complexity index is 1100. The molecule has 5 atom stereocenters. The summed E-state index contributed by atoms with van der Waals surface area (Å²) in [5.74, 6) is -2.30. The highest BCUT2D eigenvalue weighted by molar-refractivity contribution is 6.05. The van der Waals surface area contributed by atoms with E-state index in [0.717, 1.165) is 42.5 Å². The Kier molecular flexibility index (Phi) is 9.85. The van der Waals surface area contributed by atoms with Gasteiger partial charge in [0.25, 0.3) is 5.91 Å². The standard InChI is InChI=1S/C32H44N2O6/c1-5-7-8-12-21-39-31(38)25-24-16-17-32(40-24)26(25)29(36)34(19-10-9-11-20-35)28(32)30(37)33(18-6-2)27-22(3)14-13-15-23(27)4/h5-6,13-15,24-26,28,35H,1-2,7-12,16-21H2,3-4H3/t24-,25+,26-,28?,32?/m0/s1. The number of anilines is 1. The number of hydrogen-bond donors (Lipinski definition) is 1. The summed E-state index contributed by atoms with van der Waals surface area (Å²) in [7, 11) is 0. The highest BCUT2D eigenvalue weighted by Gasteiger charge is 2.75. The normalized spacial score (nSPS) is 26.6. The first-order valence-electron chi connectivity index (χ1n) is 14.7. The summed E-state index contributed by atoms with van der Waals surface area (Å²) in [6.07, 6.45) is 8.70. The Balaban J connectivity index is 1.67. The van der Waals surface area contributed by atoms with E-state index in [1.54, 1.807) is 15.9 Å². The Morgan fingerprint density at radius 2 is 1.90 bits per heavy atom. The van der Waals surface area contributed by atoms with Crippen LogP contribution < -0.4 is 4.90 Å². The SMILES string of the molecule is C=CCCCCOC(=O)[C@@H]1[C@@H]2CCC3(O2)C(C(=O)N(CC=C)c2c(C)cccc2C)N(CCCCCO)C(=O)[C@H]13. The molecule has 1 N–H and O–H groups in total. The van der Waals surface area contributed by atoms with Gasteiger partial charge in [0.1, 0.15) is 11.6 Å². The summed E-state index contributed by atoms with van der Waals surface area (Å²) in [5.41, 5.74) is 1.65. The van der Waals surface area contributed by atoms with Crippen LogP contribution in [0.2, 0.25) is 0 Å². The van der Waals surface area contributed by atoms with Crippen LogP contribution in [0.25, 0.3) is 0 Å². The van der Waals surface area contributed by atoms with Crippen molar-refractivity contribution in [3.63, 3.8) is 0 Å². The zero-order valence-electron chi connectivity index (χ0n) is 24.0. The molecule has 4 rings (SSSR count). The number of esters is 1. The molecule has 8 heteroatoms. The number of aryl methyl sites for hydroxylation is 2. The summed E-state index contributed by atoms with van der Waals surface area (Å²) in [6, 6.07) is 5.05. The van der Waals surface area contributed by atoms with Gasteiger partial charge in [-0.05, 0) is 76.3 Å². The first kappa shape index (κ1) is 30.0. The van der Waals surface area contributed by atoms with E-state index in [1.165, 1.54) is 0 Å². The summed E-state index contributed by atoms with van der Waals surface area (Å²) >= 11 is 0. The van der Waals surface area contributed by atoms with Gasteiger partial charge in [-0.1, -0.05) is 30.4 Å². The number of hydrogen-bond acceptors (Lipinski definition) is 6. The molecule has 2 amide bonds. The molecule has 3 saturated heterocycles. The summed E-state index contributed by atoms with van der Waals surface area (Å²) in [6.45, 7) is 12.6. The molecule has 3 heterocycles. The maximum atomic E-state index is 14.6. The van der Waals surface area contributed by atoms with Gasteiger partial charge in [0.05, 0.1) is 24.5 Å². The van der Waals surface area contributed by atoms with Gasteiger partial charge < -0.3 is 24.4 Å². The fourth-order valence-electron chi connectivity index (χ4n) is 6.97. The van der Waals surface area contributed by atoms with Crippen LogP contribution in [-0.4, -0.2) is 71.8 Å². The number of aliphatic hydroxyl groups excluding tert-OH is 1. The van der Waals surface area contributed by atoms with Crippen LogP contribution in [0.5, 0.6) is 0 Å². The molecule has 0 saturated carbocycles. The first-order chi connectivity index (χ1) is 19.3. The fourth-order valence-corrected chi connectivity index (χ4v) is 6.97. The molecule has 2 unspecified atom stereocenters. The van der Waals surface area contributed by atoms with Gasteiger partial charge in [0, 0.05) is 25.4 Å². The largest absolute Gasteiger partial charge is 0.465 e. The highest BCUT2D eigenvalue weighted by Crippen LogP contribution is 2.59. The number of allylic oxidation sites excluding steroid dienone is 1. The van der Waals surface area contributed by atoms with Crippen molar-refractivity contribution in [1.82, 2.24) is 4.90 Å². The monoisotopic (exact) mass is 552 g/mol. The molecule has 3 aliphatic rings. The predicted octanol–water partition coefficient (Wildman–Crippen LogP) is 4.26. The number of likely N-dealkylation sites (tertiary alicyclic amines) is 1. The van der Waals surface area contributed by atoms with Crippen molar-refractivity contribution in [3.8, 4) is 0 Å². The van der Waals surface area contributed by atoms with E-state index in [-0.39, 0.29) is 31.6 Å². The van der Waals surface area contributed by atoms with Gasteiger partial charge >= 0.3 is 5.97 Å². The van der Waals surface area contributed by atoms with Gasteiger partial charge in [-0.3, -0.25) is 14.4 Å². The van der Waals surface area contributed by atoms with E-state index in [9.17, 15) is 19.5 Å². The van der Waals surface area contributed by atoms with E-state index in [4.69, 9.17) is 9.47 Å². The van der Waals surface area contributed by atoms with E-state index < -0.39 is 35.6 Å². The number of amides is 2. The Hall–Kier alpha value is -2.97. The molecule has 218 valence electrons. The molecule has 3 fully saturated rings. The van der Waals surface area contributed by atoms with Gasteiger partial charge in [-0.2, -0.15) is 0 Å². The van der Waals surface area contributed by atoms with Crippen molar-refractivity contribution >= 4 is 23.5 Å². The van der Waals surface area contributed by atoms with Crippen molar-refractivity contribution in [2.45, 2.75) is 83.0 Å². The predicted molar refractivity (Wildman–Crippen MR) is 154 cm³/mol. The average Bonchev–Trinajstić information content (AvgIpc) is 3.57. The minimum Gasteiger partial charge on any atom is -0.465 e. The maximum absolute atomic E-state index is 14.6. The zero-order chi connectivity index (χ0) is 28.9. The number of fused-ring (bicyclic) bond motifs is 1. The van der Waals surface area contributed by atoms with Crippen LogP contribution in [0.3, 0.4) is 0 Å². The molecular weight excluding hydrogens is 508 g/mol. The van der Waals surface area contributed by atoms with Gasteiger partial charge in [0.2, 0.25) is 5.91 Å². The third-order valence-corrected chi connectivity index (χ3v) is 8.70. The molecule has 0 aliphatic carbocycles. The number of carbonyl (C=O) groups is 3. The van der Waals surface area contributed by atoms with Crippen molar-refractivity contribution < 1.29 is 29.0 Å². The summed E-state index contributed by atoms with van der Waals surface area (Å²) in [5, 5.41) is 9.26. The summed E-state index contributed by atoms with van der Waals surface area (Å²) in [4.78, 5) is 45.4. The highest BCUT2D eigenvalue weighted by atomic mass is 16.6. The third-order valence-electron chi connectivity index (χ3n) is 8.70. The topological polar surface area (TPSA) is 96.4 Å². The van der Waals surface area contributed by atoms with Crippen LogP contribution in [-0.2, 0) is 23.9 Å². The molecular formula is C32H44N2O6. The minimum atomic E-state index is -1.07. The molecule has 8 nitrogen and oxygen atoms in total. The number of para-hydroxylation sites is 1. The molecule has 40 heavy (non-hydrogen) atoms. The summed E-state index contributed by atoms with van der Waals surface area (Å²) < 4.78 is 12.2. The lowest BCUT2D eigenvalue weighted by atomic mass is 9.70. The second kappa shape index (κ2) is 13.1. The minimum absolute atomic E-state index is 0.0774. The van der Waals surface area contributed by atoms with Crippen molar-refractivity contribution in [1.29, 1.82) is 0 Å². The number of benzene rings is 1. The Labute approximate surface area is 238 Å². The first-order valence-corrected chi connectivity index (χ1v) is 14.7. The van der Waals surface area contributed by atoms with E-state index in [0.29, 0.717) is 32.2 Å². The molecule has 0 radical (unpaired) electrons. The lowest BCUT2D eigenvalue weighted by Gasteiger charge is -2.37. The van der Waals surface area contributed by atoms with Gasteiger partial charge in [0.15, 0.2) is 0 Å². The van der Waals surface area contributed by atoms with Crippen molar-refractivity contribution in [2.75, 3.05) is 31.2 Å². The third kappa shape index (κ3) is 5.48. The number of rotatable bonds is 15. The van der Waals surface area contributed by atoms with E-state index in [1.807, 2.05) is 38.1 Å². The van der Waals surface area contributed by atoms with Crippen molar-refractivity contribution in [3.05, 3.63) is 54.6 Å². The van der Waals surface area contributed by atoms with Crippen molar-refractivity contribution in [2.24, 2.45) is 11.8 Å². The molecule has 1 aromatic rings. The maximum Gasteiger partial charge on any atom is 0.312 e. The number of unbranched alkanes of at least 4 members (excludes halogenated alkanes) is 4. The van der Waals surface area contributed by atoms with E-state index in [2.05, 4.69) is 13.2 Å². The average molecular weight is 553 g/mol. The second-order valence-electron chi connectivity index (χ2n) is 11.3. The number of ether oxygens (including phenoxy) is 2. The Morgan fingerprint density at radius 1 is 1.15 bits per heavy atom. The van der Waals surface area contributed by atoms with Crippen LogP contribution >= 0.6 is 0 Å². The lowest BCUT2D eigenvalue weighted by molar-refractivity contribution is -0.155. The number of aliphatic hydroxyl groups is 1. The molecule has 2 bridgehead atoms. The molecule has 3 aliphatic heterocycles. The van der Waals surface area contributed by atoms with Crippen LogP contribution in [0.1, 0.15) is 62.5 Å². The zero-order valence-corrected chi connectivity index (χ0v) is 24.0. The molecule has 1 spiro atoms. The fraction of sp³-hybridized carbons (Fsp3) is 0.594. The molecule has 1 aromatic carbocycles. The Morgan fingerprint density at radius 3 is 2.58 bits per heavy atom. The number of carbonyl (C=O) groups excluding carboxylic acids is 3. The molecule has 0 aromatic heterocycles. The van der Waals surface area contributed by atoms with Gasteiger partial charge in [-0.25, -0.2) is 0 Å². The van der Waals surface area contributed by atoms with E-state index >= 15 is 0 Å². The van der Waals surface area contributed by atoms with Crippen LogP contribution in [0, 0.1) is 25.7 Å². The quantitative estimate of drug-likeness (QED) is 0.198. The number of nitrogens with zero attached hydrogens (tertiary/aromatic N) is 2. The smallest absolute Gasteiger partial charge is 0.312 e.